The molecular weight excluding hydrogens is 256 g/mol. The number of aryl methyl sites for hydroxylation is 2. The van der Waals surface area contributed by atoms with Crippen LogP contribution in [0.3, 0.4) is 0 Å². The van der Waals surface area contributed by atoms with Crippen molar-refractivity contribution in [2.45, 2.75) is 58.9 Å². The van der Waals surface area contributed by atoms with Crippen molar-refractivity contribution in [3.8, 4) is 0 Å². The van der Waals surface area contributed by atoms with E-state index >= 15 is 0 Å². The van der Waals surface area contributed by atoms with Gasteiger partial charge < -0.3 is 10.6 Å². The Kier molecular flexibility index (Phi) is 4.98. The van der Waals surface area contributed by atoms with Crippen LogP contribution in [-0.4, -0.2) is 19.1 Å². The lowest BCUT2D eigenvalue weighted by Gasteiger charge is -2.48. The number of hydrogen-bond donors (Lipinski definition) is 1. The molecule has 1 aromatic rings. The fourth-order valence-electron chi connectivity index (χ4n) is 3.94. The molecule has 0 heterocycles. The molecule has 0 bridgehead atoms. The van der Waals surface area contributed by atoms with Crippen LogP contribution in [0.15, 0.2) is 18.2 Å². The first-order valence-electron chi connectivity index (χ1n) is 8.40. The number of benzene rings is 1. The molecule has 2 nitrogen and oxygen atoms in total. The van der Waals surface area contributed by atoms with Crippen molar-refractivity contribution < 1.29 is 0 Å². The highest BCUT2D eigenvalue weighted by molar-refractivity contribution is 5.52. The third-order valence-corrected chi connectivity index (χ3v) is 5.59. The molecule has 0 aromatic heterocycles. The summed E-state index contributed by atoms with van der Waals surface area (Å²) < 4.78 is 0. The van der Waals surface area contributed by atoms with E-state index in [0.29, 0.717) is 0 Å². The van der Waals surface area contributed by atoms with E-state index in [0.717, 1.165) is 18.4 Å². The summed E-state index contributed by atoms with van der Waals surface area (Å²) in [4.78, 5) is 2.46. The van der Waals surface area contributed by atoms with Crippen LogP contribution < -0.4 is 10.6 Å². The van der Waals surface area contributed by atoms with Gasteiger partial charge in [-0.3, -0.25) is 0 Å². The van der Waals surface area contributed by atoms with Gasteiger partial charge in [-0.2, -0.15) is 0 Å². The van der Waals surface area contributed by atoms with Crippen LogP contribution in [0.25, 0.3) is 0 Å². The summed E-state index contributed by atoms with van der Waals surface area (Å²) in [6, 6.07) is 6.82. The fraction of sp³-hybridized carbons (Fsp3) is 0.684. The second-order valence-corrected chi connectivity index (χ2v) is 7.41. The predicted molar refractivity (Wildman–Crippen MR) is 92.9 cm³/mol. The second kappa shape index (κ2) is 6.39. The first-order valence-corrected chi connectivity index (χ1v) is 8.40. The molecule has 118 valence electrons. The molecule has 0 amide bonds. The largest absolute Gasteiger partial charge is 0.368 e. The summed E-state index contributed by atoms with van der Waals surface area (Å²) in [5.41, 5.74) is 10.4. The summed E-state index contributed by atoms with van der Waals surface area (Å²) in [7, 11) is 2.23. The molecule has 0 saturated heterocycles. The SMILES string of the molecule is Cc1cc(C)cc(N(C)C2(CN)CCC(C(C)C)CC2)c1. The van der Waals surface area contributed by atoms with Gasteiger partial charge in [0.25, 0.3) is 0 Å². The lowest BCUT2D eigenvalue weighted by molar-refractivity contribution is 0.194. The van der Waals surface area contributed by atoms with Gasteiger partial charge in [0.2, 0.25) is 0 Å². The molecule has 1 saturated carbocycles. The van der Waals surface area contributed by atoms with Gasteiger partial charge in [-0.1, -0.05) is 19.9 Å². The van der Waals surface area contributed by atoms with Crippen molar-refractivity contribution in [2.75, 3.05) is 18.5 Å². The molecule has 1 aliphatic rings. The molecule has 1 fully saturated rings. The van der Waals surface area contributed by atoms with E-state index in [1.165, 1.54) is 42.5 Å². The van der Waals surface area contributed by atoms with Gasteiger partial charge in [0.15, 0.2) is 0 Å². The van der Waals surface area contributed by atoms with Crippen molar-refractivity contribution in [3.05, 3.63) is 29.3 Å². The van der Waals surface area contributed by atoms with Crippen LogP contribution >= 0.6 is 0 Å². The third-order valence-electron chi connectivity index (χ3n) is 5.59. The monoisotopic (exact) mass is 288 g/mol. The lowest BCUT2D eigenvalue weighted by atomic mass is 9.72. The van der Waals surface area contributed by atoms with Crippen LogP contribution in [0.5, 0.6) is 0 Å². The molecule has 2 heteroatoms. The van der Waals surface area contributed by atoms with E-state index in [1.54, 1.807) is 0 Å². The zero-order chi connectivity index (χ0) is 15.6. The molecule has 0 spiro atoms. The predicted octanol–water partition coefficient (Wildman–Crippen LogP) is 4.28. The van der Waals surface area contributed by atoms with Crippen LogP contribution in [0.4, 0.5) is 5.69 Å². The first-order chi connectivity index (χ1) is 9.88. The molecular formula is C19H32N2. The van der Waals surface area contributed by atoms with Gasteiger partial charge in [-0.25, -0.2) is 0 Å². The molecule has 2 N–H and O–H groups in total. The van der Waals surface area contributed by atoms with Crippen molar-refractivity contribution in [3.63, 3.8) is 0 Å². The van der Waals surface area contributed by atoms with Crippen molar-refractivity contribution in [1.29, 1.82) is 0 Å². The first kappa shape index (κ1) is 16.4. The highest BCUT2D eigenvalue weighted by Gasteiger charge is 2.38. The van der Waals surface area contributed by atoms with Crippen molar-refractivity contribution in [1.82, 2.24) is 0 Å². The Hall–Kier alpha value is -1.02. The van der Waals surface area contributed by atoms with Crippen molar-refractivity contribution >= 4 is 5.69 Å². The van der Waals surface area contributed by atoms with Crippen LogP contribution in [0, 0.1) is 25.7 Å². The summed E-state index contributed by atoms with van der Waals surface area (Å²) in [6.45, 7) is 9.81. The Morgan fingerprint density at radius 1 is 1.14 bits per heavy atom. The minimum Gasteiger partial charge on any atom is -0.368 e. The number of anilines is 1. The van der Waals surface area contributed by atoms with Crippen molar-refractivity contribution in [2.24, 2.45) is 17.6 Å². The van der Waals surface area contributed by atoms with Crippen LogP contribution in [0.1, 0.15) is 50.7 Å². The minimum absolute atomic E-state index is 0.144. The number of rotatable bonds is 4. The highest BCUT2D eigenvalue weighted by atomic mass is 15.2. The average molecular weight is 288 g/mol. The smallest absolute Gasteiger partial charge is 0.0521 e. The maximum Gasteiger partial charge on any atom is 0.0521 e. The van der Waals surface area contributed by atoms with Gasteiger partial charge in [-0.05, 0) is 74.6 Å². The Morgan fingerprint density at radius 3 is 2.10 bits per heavy atom. The maximum atomic E-state index is 6.23. The third kappa shape index (κ3) is 3.42. The molecule has 0 unspecified atom stereocenters. The topological polar surface area (TPSA) is 29.3 Å². The Balaban J connectivity index is 2.21. The van der Waals surface area contributed by atoms with Gasteiger partial charge in [0.1, 0.15) is 0 Å². The summed E-state index contributed by atoms with van der Waals surface area (Å²) in [6.07, 6.45) is 5.06. The highest BCUT2D eigenvalue weighted by Crippen LogP contribution is 2.40. The van der Waals surface area contributed by atoms with E-state index in [-0.39, 0.29) is 5.54 Å². The van der Waals surface area contributed by atoms with E-state index in [2.05, 4.69) is 57.8 Å². The van der Waals surface area contributed by atoms with E-state index in [1.807, 2.05) is 0 Å². The Labute approximate surface area is 130 Å². The second-order valence-electron chi connectivity index (χ2n) is 7.41. The Bertz CT molecular complexity index is 450. The number of hydrogen-bond acceptors (Lipinski definition) is 2. The molecule has 0 atom stereocenters. The van der Waals surface area contributed by atoms with Gasteiger partial charge >= 0.3 is 0 Å². The van der Waals surface area contributed by atoms with E-state index in [9.17, 15) is 0 Å². The van der Waals surface area contributed by atoms with Gasteiger partial charge in [0, 0.05) is 19.3 Å². The Morgan fingerprint density at radius 2 is 1.67 bits per heavy atom. The molecule has 0 radical (unpaired) electrons. The zero-order valence-corrected chi connectivity index (χ0v) is 14.4. The fourth-order valence-corrected chi connectivity index (χ4v) is 3.94. The van der Waals surface area contributed by atoms with Crippen LogP contribution in [-0.2, 0) is 0 Å². The summed E-state index contributed by atoms with van der Waals surface area (Å²) >= 11 is 0. The number of nitrogens with zero attached hydrogens (tertiary/aromatic N) is 1. The number of likely N-dealkylation sites (N-methyl/N-ethyl adjacent to an activating group) is 1. The average Bonchev–Trinajstić information content (AvgIpc) is 2.45. The molecule has 1 aromatic carbocycles. The quantitative estimate of drug-likeness (QED) is 0.896. The molecule has 0 aliphatic heterocycles. The van der Waals surface area contributed by atoms with E-state index in [4.69, 9.17) is 5.73 Å². The lowest BCUT2D eigenvalue weighted by Crippen LogP contribution is -2.54. The van der Waals surface area contributed by atoms with E-state index < -0.39 is 0 Å². The standard InChI is InChI=1S/C19H32N2/c1-14(2)17-6-8-19(13-20,9-7-17)21(5)18-11-15(3)10-16(4)12-18/h10-12,14,17H,6-9,13,20H2,1-5H3. The van der Waals surface area contributed by atoms with Gasteiger partial charge in [0.05, 0.1) is 5.54 Å². The summed E-state index contributed by atoms with van der Waals surface area (Å²) in [5.74, 6) is 1.67. The summed E-state index contributed by atoms with van der Waals surface area (Å²) in [5, 5.41) is 0. The molecule has 1 aliphatic carbocycles. The van der Waals surface area contributed by atoms with Crippen LogP contribution in [0.2, 0.25) is 0 Å². The van der Waals surface area contributed by atoms with Gasteiger partial charge in [-0.15, -0.1) is 0 Å². The zero-order valence-electron chi connectivity index (χ0n) is 14.4. The minimum atomic E-state index is 0.144. The normalized spacial score (nSPS) is 26.1. The molecule has 2 rings (SSSR count). The molecule has 21 heavy (non-hydrogen) atoms. The maximum absolute atomic E-state index is 6.23. The number of nitrogens with two attached hydrogens (primary N) is 1.